The lowest BCUT2D eigenvalue weighted by Crippen LogP contribution is -2.60. The Balaban J connectivity index is 1.39. The van der Waals surface area contributed by atoms with E-state index < -0.39 is 74.1 Å². The van der Waals surface area contributed by atoms with E-state index in [1.54, 1.807) is 20.8 Å². The summed E-state index contributed by atoms with van der Waals surface area (Å²) in [7, 11) is -3.87. The number of nitrogens with one attached hydrogen (secondary N) is 3. The fourth-order valence-corrected chi connectivity index (χ4v) is 7.71. The van der Waals surface area contributed by atoms with Crippen molar-refractivity contribution >= 4 is 39.9 Å². The molecule has 4 amide bonds. The van der Waals surface area contributed by atoms with Gasteiger partial charge in [-0.3, -0.25) is 19.1 Å². The summed E-state index contributed by atoms with van der Waals surface area (Å²) in [4.78, 5) is 56.0. The average molecular weight is 709 g/mol. The van der Waals surface area contributed by atoms with E-state index in [9.17, 15) is 27.6 Å². The number of carbonyl (C=O) groups excluding carboxylic acids is 4. The number of alkyl carbamates (subject to hydrolysis) is 1. The van der Waals surface area contributed by atoms with E-state index in [1.165, 1.54) is 11.0 Å². The Morgan fingerprint density at radius 1 is 1.16 bits per heavy atom. The van der Waals surface area contributed by atoms with Gasteiger partial charge in [0.1, 0.15) is 24.2 Å². The van der Waals surface area contributed by atoms with Crippen molar-refractivity contribution in [3.8, 4) is 11.8 Å². The molecular formula is C37H48N4O8S. The number of cyclic esters (lactones) is 1. The molecule has 1 aromatic rings. The molecule has 2 heterocycles. The minimum absolute atomic E-state index is 0.0301. The molecule has 3 fully saturated rings. The van der Waals surface area contributed by atoms with Gasteiger partial charge >= 0.3 is 6.09 Å². The van der Waals surface area contributed by atoms with Gasteiger partial charge < -0.3 is 25.0 Å². The van der Waals surface area contributed by atoms with Crippen molar-refractivity contribution in [3.63, 3.8) is 0 Å². The Labute approximate surface area is 294 Å². The predicted octanol–water partition coefficient (Wildman–Crippen LogP) is 3.42. The Kier molecular flexibility index (Phi) is 11.4. The molecule has 2 aliphatic heterocycles. The first-order chi connectivity index (χ1) is 23.7. The maximum Gasteiger partial charge on any atom is 0.407 e. The molecular weight excluding hydrogens is 660 g/mol. The van der Waals surface area contributed by atoms with Crippen molar-refractivity contribution in [2.45, 2.75) is 101 Å². The minimum Gasteiger partial charge on any atom is -0.450 e. The largest absolute Gasteiger partial charge is 0.450 e. The van der Waals surface area contributed by atoms with Crippen molar-refractivity contribution in [1.29, 1.82) is 0 Å². The normalized spacial score (nSPS) is 28.7. The molecule has 2 aliphatic carbocycles. The van der Waals surface area contributed by atoms with Gasteiger partial charge in [0.25, 0.3) is 5.91 Å². The quantitative estimate of drug-likeness (QED) is 0.300. The van der Waals surface area contributed by atoms with E-state index in [4.69, 9.17) is 9.47 Å². The Hall–Kier alpha value is -4.15. The summed E-state index contributed by atoms with van der Waals surface area (Å²) >= 11 is 0. The van der Waals surface area contributed by atoms with E-state index in [0.717, 1.165) is 30.4 Å². The zero-order chi connectivity index (χ0) is 36.1. The number of sulfonamides is 1. The second kappa shape index (κ2) is 15.4. The molecule has 4 aliphatic rings. The monoisotopic (exact) mass is 708 g/mol. The van der Waals surface area contributed by atoms with E-state index in [1.807, 2.05) is 24.3 Å². The molecule has 0 unspecified atom stereocenters. The SMILES string of the molecule is C=C[C@@H]1C[C@]1(NC(=O)[C@@H]1C[C@@H]2CN1C(=O)[C@H](C(C)(C)C)NC(=O)OCCCCC/C=C\c1cccc(c1)C#CCO2)C(=O)NS(=O)(=O)C1CC1. The summed E-state index contributed by atoms with van der Waals surface area (Å²) < 4.78 is 38.9. The summed E-state index contributed by atoms with van der Waals surface area (Å²) in [6.07, 6.45) is 8.88. The maximum absolute atomic E-state index is 14.3. The van der Waals surface area contributed by atoms with Gasteiger partial charge in [-0.1, -0.05) is 63.0 Å². The van der Waals surface area contributed by atoms with Gasteiger partial charge in [-0.25, -0.2) is 13.2 Å². The van der Waals surface area contributed by atoms with Crippen LogP contribution in [0.15, 0.2) is 43.0 Å². The smallest absolute Gasteiger partial charge is 0.407 e. The molecule has 1 aromatic carbocycles. The highest BCUT2D eigenvalue weighted by atomic mass is 32.2. The van der Waals surface area contributed by atoms with Crippen LogP contribution in [0, 0.1) is 23.2 Å². The molecule has 13 heteroatoms. The molecule has 5 rings (SSSR count). The molecule has 12 nitrogen and oxygen atoms in total. The van der Waals surface area contributed by atoms with Crippen LogP contribution in [0.2, 0.25) is 0 Å². The van der Waals surface area contributed by atoms with Gasteiger partial charge in [-0.05, 0) is 68.1 Å². The lowest BCUT2D eigenvalue weighted by Gasteiger charge is -2.35. The van der Waals surface area contributed by atoms with Crippen LogP contribution in [0.3, 0.4) is 0 Å². The van der Waals surface area contributed by atoms with E-state index in [2.05, 4.69) is 45.9 Å². The zero-order valence-electron chi connectivity index (χ0n) is 29.0. The van der Waals surface area contributed by atoms with Gasteiger partial charge in [0, 0.05) is 24.4 Å². The zero-order valence-corrected chi connectivity index (χ0v) is 29.9. The Bertz CT molecular complexity index is 1690. The standard InChI is InChI=1S/C37H48N4O8S/c1-5-27-23-37(27,34(44)40-50(46,47)29-17-18-29)39-32(42)30-22-28-24-41(30)33(43)31(36(2,3)4)38-35(45)49-19-10-8-6-7-9-13-25-14-11-15-26(21-25)16-12-20-48-28/h5,9,11,13-15,21,27-31H,1,6-8,10,17-20,22-24H2,2-4H3,(H,38,45)(H,39,42)(H,40,44)/b13-9-/t27-,28-,30+,31-,37-/m1/s1. The first-order valence-electron chi connectivity index (χ1n) is 17.3. The lowest BCUT2D eigenvalue weighted by molar-refractivity contribution is -0.143. The van der Waals surface area contributed by atoms with Crippen LogP contribution >= 0.6 is 0 Å². The van der Waals surface area contributed by atoms with Gasteiger partial charge in [0.2, 0.25) is 21.8 Å². The summed E-state index contributed by atoms with van der Waals surface area (Å²) in [6.45, 7) is 9.42. The van der Waals surface area contributed by atoms with Crippen LogP contribution in [0.4, 0.5) is 4.79 Å². The first kappa shape index (κ1) is 37.1. The third-order valence-corrected chi connectivity index (χ3v) is 11.4. The second-order valence-corrected chi connectivity index (χ2v) is 16.6. The number of ether oxygens (including phenoxy) is 2. The highest BCUT2D eigenvalue weighted by Gasteiger charge is 2.62. The molecule has 270 valence electrons. The topological polar surface area (TPSA) is 160 Å². The van der Waals surface area contributed by atoms with Crippen LogP contribution in [0.5, 0.6) is 0 Å². The molecule has 4 bridgehead atoms. The summed E-state index contributed by atoms with van der Waals surface area (Å²) in [5.74, 6) is 3.68. The predicted molar refractivity (Wildman–Crippen MR) is 188 cm³/mol. The van der Waals surface area contributed by atoms with Crippen molar-refractivity contribution in [3.05, 3.63) is 54.1 Å². The van der Waals surface area contributed by atoms with Crippen LogP contribution in [0.25, 0.3) is 6.08 Å². The number of amides is 4. The van der Waals surface area contributed by atoms with Crippen molar-refractivity contribution in [2.24, 2.45) is 11.3 Å². The van der Waals surface area contributed by atoms with Crippen molar-refractivity contribution < 1.29 is 37.1 Å². The molecule has 2 saturated carbocycles. The first-order valence-corrected chi connectivity index (χ1v) is 18.9. The second-order valence-electron chi connectivity index (χ2n) is 14.6. The number of allylic oxidation sites excluding steroid dienone is 1. The third-order valence-electron chi connectivity index (χ3n) is 9.54. The molecule has 5 atom stereocenters. The van der Waals surface area contributed by atoms with E-state index in [0.29, 0.717) is 19.3 Å². The highest BCUT2D eigenvalue weighted by Crippen LogP contribution is 2.45. The number of fused-ring (bicyclic) bond motifs is 4. The van der Waals surface area contributed by atoms with Crippen LogP contribution in [-0.4, -0.2) is 85.9 Å². The number of rotatable bonds is 6. The molecule has 0 spiro atoms. The molecule has 1 saturated heterocycles. The van der Waals surface area contributed by atoms with Crippen LogP contribution in [0.1, 0.15) is 83.3 Å². The van der Waals surface area contributed by atoms with Crippen LogP contribution in [-0.2, 0) is 33.9 Å². The molecule has 50 heavy (non-hydrogen) atoms. The van der Waals surface area contributed by atoms with Gasteiger partial charge in [0.15, 0.2) is 0 Å². The van der Waals surface area contributed by atoms with Gasteiger partial charge in [0.05, 0.1) is 18.0 Å². The van der Waals surface area contributed by atoms with Gasteiger partial charge in [-0.15, -0.1) is 6.58 Å². The minimum atomic E-state index is -3.87. The number of hydrogen-bond acceptors (Lipinski definition) is 8. The number of carbonyl (C=O) groups is 4. The fourth-order valence-electron chi connectivity index (χ4n) is 6.35. The van der Waals surface area contributed by atoms with Crippen molar-refractivity contribution in [1.82, 2.24) is 20.3 Å². The molecule has 3 N–H and O–H groups in total. The summed E-state index contributed by atoms with van der Waals surface area (Å²) in [5, 5.41) is 4.88. The average Bonchev–Trinajstić information content (AvgIpc) is 3.99. The number of nitrogens with zero attached hydrogens (tertiary/aromatic N) is 1. The van der Waals surface area contributed by atoms with E-state index in [-0.39, 0.29) is 32.6 Å². The number of hydrogen-bond donors (Lipinski definition) is 3. The summed E-state index contributed by atoms with van der Waals surface area (Å²) in [6, 6.07) is 5.71. The fraction of sp³-hybridized carbons (Fsp3) is 0.568. The highest BCUT2D eigenvalue weighted by molar-refractivity contribution is 7.91. The maximum atomic E-state index is 14.3. The number of benzene rings is 1. The lowest BCUT2D eigenvalue weighted by atomic mass is 9.85. The summed E-state index contributed by atoms with van der Waals surface area (Å²) in [5.41, 5.74) is -0.430. The molecule has 0 radical (unpaired) electrons. The molecule has 0 aromatic heterocycles. The third kappa shape index (κ3) is 9.14. The van der Waals surface area contributed by atoms with Crippen LogP contribution < -0.4 is 15.4 Å². The Morgan fingerprint density at radius 2 is 1.94 bits per heavy atom. The Morgan fingerprint density at radius 3 is 2.64 bits per heavy atom. The van der Waals surface area contributed by atoms with E-state index >= 15 is 0 Å². The van der Waals surface area contributed by atoms with Gasteiger partial charge in [-0.2, -0.15) is 0 Å². The van der Waals surface area contributed by atoms with Crippen molar-refractivity contribution in [2.75, 3.05) is 19.8 Å².